The molecule has 1 aliphatic heterocycles. The van der Waals surface area contributed by atoms with Gasteiger partial charge in [0, 0.05) is 34.3 Å². The van der Waals surface area contributed by atoms with E-state index in [-0.39, 0.29) is 31.8 Å². The molecule has 13 heteroatoms. The summed E-state index contributed by atoms with van der Waals surface area (Å²) in [4.78, 5) is 58.0. The molecule has 3 aromatic rings. The average Bonchev–Trinajstić information content (AvgIpc) is 3.49. The third-order valence-electron chi connectivity index (χ3n) is 7.08. The van der Waals surface area contributed by atoms with Crippen molar-refractivity contribution in [3.63, 3.8) is 0 Å². The van der Waals surface area contributed by atoms with Crippen LogP contribution in [0, 0.1) is 0 Å². The summed E-state index contributed by atoms with van der Waals surface area (Å²) in [5.74, 6) is -2.15. The maximum Gasteiger partial charge on any atom is 0.247 e. The Kier molecular flexibility index (Phi) is 11.7. The number of thiophene rings is 1. The molecule has 3 unspecified atom stereocenters. The summed E-state index contributed by atoms with van der Waals surface area (Å²) < 4.78 is 0. The summed E-state index contributed by atoms with van der Waals surface area (Å²) in [7, 11) is 0. The zero-order valence-electron chi connectivity index (χ0n) is 23.0. The Balaban J connectivity index is 1.56. The van der Waals surface area contributed by atoms with E-state index in [1.54, 1.807) is 48.5 Å². The lowest BCUT2D eigenvalue weighted by molar-refractivity contribution is -0.159. The molecule has 1 fully saturated rings. The van der Waals surface area contributed by atoms with Gasteiger partial charge in [-0.15, -0.1) is 11.3 Å². The van der Waals surface area contributed by atoms with Crippen LogP contribution >= 0.6 is 57.7 Å². The van der Waals surface area contributed by atoms with E-state index in [4.69, 9.17) is 52.1 Å². The number of carbonyl (C=O) groups excluding carboxylic acids is 4. The Bertz CT molecular complexity index is 1420. The highest BCUT2D eigenvalue weighted by Gasteiger charge is 2.43. The minimum Gasteiger partial charge on any atom is -0.368 e. The number of carbonyl (C=O) groups is 4. The highest BCUT2D eigenvalue weighted by molar-refractivity contribution is 7.09. The molecule has 4 rings (SSSR count). The molecule has 4 amide bonds. The number of hydrogen-bond acceptors (Lipinski definition) is 5. The van der Waals surface area contributed by atoms with Crippen LogP contribution in [0.25, 0.3) is 0 Å². The zero-order chi connectivity index (χ0) is 31.1. The Labute approximate surface area is 274 Å². The lowest BCUT2D eigenvalue weighted by Gasteiger charge is -2.42. The van der Waals surface area contributed by atoms with Crippen LogP contribution < -0.4 is 5.73 Å². The molecule has 8 nitrogen and oxygen atoms in total. The van der Waals surface area contributed by atoms with Crippen LogP contribution in [0.3, 0.4) is 0 Å². The molecule has 0 radical (unpaired) electrons. The van der Waals surface area contributed by atoms with Crippen LogP contribution in [0.2, 0.25) is 10.0 Å². The van der Waals surface area contributed by atoms with E-state index in [2.05, 4.69) is 0 Å². The third kappa shape index (κ3) is 9.09. The van der Waals surface area contributed by atoms with Crippen LogP contribution in [-0.4, -0.2) is 75.0 Å². The highest BCUT2D eigenvalue weighted by Crippen LogP contribution is 2.25. The fourth-order valence-corrected chi connectivity index (χ4v) is 6.51. The van der Waals surface area contributed by atoms with E-state index in [1.807, 2.05) is 17.5 Å². The first kappa shape index (κ1) is 33.1. The van der Waals surface area contributed by atoms with Crippen LogP contribution in [0.15, 0.2) is 66.0 Å². The minimum absolute atomic E-state index is 0.203. The molecule has 1 saturated heterocycles. The number of nitrogens with zero attached hydrogens (tertiary/aromatic N) is 3. The first-order valence-electron chi connectivity index (χ1n) is 13.5. The first-order chi connectivity index (χ1) is 20.5. The topological polar surface area (TPSA) is 104 Å². The molecule has 2 aromatic carbocycles. The van der Waals surface area contributed by atoms with Gasteiger partial charge < -0.3 is 20.4 Å². The Morgan fingerprint density at radius 1 is 0.953 bits per heavy atom. The van der Waals surface area contributed by atoms with Gasteiger partial charge in [0.2, 0.25) is 23.6 Å². The van der Waals surface area contributed by atoms with Gasteiger partial charge in [0.25, 0.3) is 0 Å². The van der Waals surface area contributed by atoms with E-state index >= 15 is 0 Å². The Morgan fingerprint density at radius 3 is 2.12 bits per heavy atom. The summed E-state index contributed by atoms with van der Waals surface area (Å²) in [5.41, 5.74) is 5.29. The second kappa shape index (κ2) is 15.3. The smallest absolute Gasteiger partial charge is 0.247 e. The van der Waals surface area contributed by atoms with Gasteiger partial charge in [-0.2, -0.15) is 0 Å². The highest BCUT2D eigenvalue weighted by atomic mass is 35.5. The molecule has 0 spiro atoms. The first-order valence-corrected chi connectivity index (χ1v) is 16.0. The van der Waals surface area contributed by atoms with Crippen molar-refractivity contribution >= 4 is 81.4 Å². The number of nitrogens with two attached hydrogens (primary N) is 1. The molecule has 2 heterocycles. The van der Waals surface area contributed by atoms with Crippen molar-refractivity contribution in [2.24, 2.45) is 5.73 Å². The number of alkyl halides is 2. The van der Waals surface area contributed by atoms with Gasteiger partial charge in [-0.3, -0.25) is 19.2 Å². The van der Waals surface area contributed by atoms with Crippen molar-refractivity contribution in [2.75, 3.05) is 19.6 Å². The summed E-state index contributed by atoms with van der Waals surface area (Å²) in [6, 6.07) is 16.7. The van der Waals surface area contributed by atoms with Crippen LogP contribution in [0.4, 0.5) is 0 Å². The number of primary amides is 1. The third-order valence-corrected chi connectivity index (χ3v) is 9.30. The largest absolute Gasteiger partial charge is 0.368 e. The fourth-order valence-electron chi connectivity index (χ4n) is 4.86. The maximum absolute atomic E-state index is 13.9. The molecule has 1 aliphatic rings. The minimum atomic E-state index is -1.14. The summed E-state index contributed by atoms with van der Waals surface area (Å²) in [6.07, 6.45) is 0.587. The second-order valence-corrected chi connectivity index (χ2v) is 13.0. The second-order valence-electron chi connectivity index (χ2n) is 10.1. The van der Waals surface area contributed by atoms with Crippen LogP contribution in [0.5, 0.6) is 0 Å². The Morgan fingerprint density at radius 2 is 1.56 bits per heavy atom. The van der Waals surface area contributed by atoms with Gasteiger partial charge >= 0.3 is 0 Å². The zero-order valence-corrected chi connectivity index (χ0v) is 26.8. The number of hydrogen-bond donors (Lipinski definition) is 1. The number of amides is 4. The fraction of sp³-hybridized carbons (Fsp3) is 0.333. The van der Waals surface area contributed by atoms with Gasteiger partial charge in [0.1, 0.15) is 30.1 Å². The molecule has 2 N–H and O–H groups in total. The van der Waals surface area contributed by atoms with Gasteiger partial charge in [-0.25, -0.2) is 0 Å². The number of piperazine rings is 1. The van der Waals surface area contributed by atoms with Crippen molar-refractivity contribution in [1.82, 2.24) is 14.7 Å². The molecular formula is C30H30Cl4N4O4S. The maximum atomic E-state index is 13.9. The molecule has 1 aromatic heterocycles. The van der Waals surface area contributed by atoms with E-state index in [0.717, 1.165) is 20.9 Å². The molecule has 0 bridgehead atoms. The molecule has 0 saturated carbocycles. The van der Waals surface area contributed by atoms with E-state index in [0.29, 0.717) is 16.5 Å². The quantitative estimate of drug-likeness (QED) is 0.203. The van der Waals surface area contributed by atoms with E-state index in [1.165, 1.54) is 21.1 Å². The van der Waals surface area contributed by atoms with Crippen molar-refractivity contribution in [3.8, 4) is 0 Å². The van der Waals surface area contributed by atoms with Gasteiger partial charge in [0.15, 0.2) is 0 Å². The van der Waals surface area contributed by atoms with Crippen molar-refractivity contribution in [1.29, 1.82) is 0 Å². The Hall–Kier alpha value is -2.82. The summed E-state index contributed by atoms with van der Waals surface area (Å²) >= 11 is 26.9. The summed E-state index contributed by atoms with van der Waals surface area (Å²) in [6.45, 7) is -0.454. The standard InChI is InChI=1S/C30H30Cl4N4O4S/c31-21-7-3-19(4-8-21)14-25(33)37(17-27(35)39)28(40)16-24-30(42)38(26(34)15-20-5-9-22(32)10-6-20)18-29(41)36(24)12-11-23-2-1-13-43-23/h1-10,13,24-26H,11-12,14-18H2,(H2,35,39). The van der Waals surface area contributed by atoms with E-state index < -0.39 is 47.7 Å². The molecule has 43 heavy (non-hydrogen) atoms. The van der Waals surface area contributed by atoms with Gasteiger partial charge in [0.05, 0.1) is 6.42 Å². The number of halogens is 4. The van der Waals surface area contributed by atoms with Crippen molar-refractivity contribution in [2.45, 2.75) is 42.7 Å². The monoisotopic (exact) mass is 682 g/mol. The van der Waals surface area contributed by atoms with Crippen molar-refractivity contribution < 1.29 is 19.2 Å². The summed E-state index contributed by atoms with van der Waals surface area (Å²) in [5, 5.41) is 3.04. The van der Waals surface area contributed by atoms with Crippen molar-refractivity contribution in [3.05, 3.63) is 92.1 Å². The van der Waals surface area contributed by atoms with Gasteiger partial charge in [-0.05, 0) is 53.3 Å². The van der Waals surface area contributed by atoms with Gasteiger partial charge in [-0.1, -0.05) is 76.7 Å². The predicted molar refractivity (Wildman–Crippen MR) is 170 cm³/mol. The van der Waals surface area contributed by atoms with Crippen LogP contribution in [-0.2, 0) is 38.4 Å². The van der Waals surface area contributed by atoms with E-state index in [9.17, 15) is 19.2 Å². The SMILES string of the molecule is NC(=O)CN(C(=O)CC1C(=O)N(C(Cl)Cc2ccc(Cl)cc2)CC(=O)N1CCc1cccs1)C(Cl)Cc1ccc(Cl)cc1. The molecule has 228 valence electrons. The molecule has 3 atom stereocenters. The van der Waals surface area contributed by atoms with Crippen LogP contribution in [0.1, 0.15) is 22.4 Å². The number of rotatable bonds is 13. The number of benzene rings is 2. The predicted octanol–water partition coefficient (Wildman–Crippen LogP) is 4.96. The molecule has 0 aliphatic carbocycles. The lowest BCUT2D eigenvalue weighted by Crippen LogP contribution is -2.63. The lowest BCUT2D eigenvalue weighted by atomic mass is 10.0. The average molecular weight is 684 g/mol. The normalized spacial score (nSPS) is 16.7. The molecular weight excluding hydrogens is 654 g/mol.